The van der Waals surface area contributed by atoms with E-state index in [1.807, 2.05) is 23.5 Å². The summed E-state index contributed by atoms with van der Waals surface area (Å²) in [4.78, 5) is 4.07. The molecule has 2 heterocycles. The highest BCUT2D eigenvalue weighted by Gasteiger charge is 2.37. The molecule has 0 amide bonds. The lowest BCUT2D eigenvalue weighted by Crippen LogP contribution is -2.47. The Morgan fingerprint density at radius 2 is 2.18 bits per heavy atom. The Hall–Kier alpha value is -1.32. The quantitative estimate of drug-likeness (QED) is 0.909. The molecule has 118 valence electrons. The monoisotopic (exact) mass is 315 g/mol. The Kier molecular flexibility index (Phi) is 4.55. The molecule has 0 unspecified atom stereocenters. The van der Waals surface area contributed by atoms with Gasteiger partial charge in [0.2, 0.25) is 0 Å². The molecule has 0 radical (unpaired) electrons. The van der Waals surface area contributed by atoms with E-state index in [4.69, 9.17) is 0 Å². The Labute approximate surface area is 137 Å². The summed E-state index contributed by atoms with van der Waals surface area (Å²) in [7, 11) is 0. The Balaban J connectivity index is 1.64. The van der Waals surface area contributed by atoms with Crippen LogP contribution in [0.2, 0.25) is 0 Å². The molecule has 1 fully saturated rings. The van der Waals surface area contributed by atoms with Gasteiger partial charge in [-0.15, -0.1) is 11.3 Å². The minimum absolute atomic E-state index is 0.165. The van der Waals surface area contributed by atoms with E-state index in [0.717, 1.165) is 32.5 Å². The maximum atomic E-state index is 9.78. The van der Waals surface area contributed by atoms with E-state index < -0.39 is 0 Å². The average molecular weight is 315 g/mol. The van der Waals surface area contributed by atoms with E-state index in [1.165, 1.54) is 10.4 Å². The summed E-state index contributed by atoms with van der Waals surface area (Å²) in [5.74, 6) is 0.970. The van der Waals surface area contributed by atoms with Crippen LogP contribution >= 0.6 is 11.3 Å². The third-order valence-corrected chi connectivity index (χ3v) is 6.26. The number of hydrogen-bond donors (Lipinski definition) is 1. The van der Waals surface area contributed by atoms with E-state index >= 15 is 0 Å². The zero-order valence-corrected chi connectivity index (χ0v) is 14.3. The molecule has 3 heteroatoms. The number of aromatic hydroxyl groups is 1. The van der Waals surface area contributed by atoms with Crippen LogP contribution < -0.4 is 0 Å². The van der Waals surface area contributed by atoms with Gasteiger partial charge in [0.25, 0.3) is 0 Å². The van der Waals surface area contributed by atoms with Crippen LogP contribution in [0.1, 0.15) is 30.7 Å². The van der Waals surface area contributed by atoms with Crippen molar-refractivity contribution in [3.63, 3.8) is 0 Å². The first-order valence-electron chi connectivity index (χ1n) is 8.12. The van der Waals surface area contributed by atoms with Crippen LogP contribution in [0, 0.1) is 5.92 Å². The molecule has 1 saturated heterocycles. The molecule has 1 N–H and O–H groups in total. The van der Waals surface area contributed by atoms with Gasteiger partial charge in [-0.1, -0.05) is 32.0 Å². The van der Waals surface area contributed by atoms with Gasteiger partial charge in [0, 0.05) is 18.0 Å². The lowest BCUT2D eigenvalue weighted by molar-refractivity contribution is 0.112. The van der Waals surface area contributed by atoms with Crippen molar-refractivity contribution in [1.29, 1.82) is 0 Å². The molecule has 0 saturated carbocycles. The van der Waals surface area contributed by atoms with Crippen LogP contribution in [0.5, 0.6) is 5.75 Å². The highest BCUT2D eigenvalue weighted by atomic mass is 32.1. The second-order valence-corrected chi connectivity index (χ2v) is 7.78. The molecule has 3 rings (SSSR count). The fourth-order valence-corrected chi connectivity index (χ4v) is 4.23. The predicted molar refractivity (Wildman–Crippen MR) is 93.7 cm³/mol. The van der Waals surface area contributed by atoms with Gasteiger partial charge >= 0.3 is 0 Å². The summed E-state index contributed by atoms with van der Waals surface area (Å²) in [5, 5.41) is 11.9. The number of benzene rings is 1. The third kappa shape index (κ3) is 3.21. The number of phenolic OH excluding ortho intramolecular Hbond substituents is 1. The fourth-order valence-electron chi connectivity index (χ4n) is 3.53. The van der Waals surface area contributed by atoms with Crippen molar-refractivity contribution in [2.75, 3.05) is 19.6 Å². The second-order valence-electron chi connectivity index (χ2n) is 6.75. The summed E-state index contributed by atoms with van der Waals surface area (Å²) >= 11 is 1.86. The van der Waals surface area contributed by atoms with Gasteiger partial charge in [0.15, 0.2) is 0 Å². The normalized spacial score (nSPS) is 26.2. The molecule has 22 heavy (non-hydrogen) atoms. The van der Waals surface area contributed by atoms with Crippen molar-refractivity contribution in [2.24, 2.45) is 5.92 Å². The van der Waals surface area contributed by atoms with Crippen LogP contribution in [0.4, 0.5) is 0 Å². The first-order chi connectivity index (χ1) is 10.6. The smallest absolute Gasteiger partial charge is 0.115 e. The number of hydrogen-bond acceptors (Lipinski definition) is 3. The number of nitrogens with zero attached hydrogens (tertiary/aromatic N) is 1. The SMILES string of the molecule is C[C@@H]1CN(CCc2cccs2)CC[C@]1(C)c1cccc(O)c1. The Bertz CT molecular complexity index is 610. The zero-order valence-electron chi connectivity index (χ0n) is 13.5. The molecule has 1 aliphatic heterocycles. The molecule has 2 atom stereocenters. The van der Waals surface area contributed by atoms with Crippen molar-refractivity contribution in [3.05, 3.63) is 52.2 Å². The number of rotatable bonds is 4. The van der Waals surface area contributed by atoms with E-state index in [0.29, 0.717) is 11.7 Å². The van der Waals surface area contributed by atoms with Crippen molar-refractivity contribution in [2.45, 2.75) is 32.1 Å². The summed E-state index contributed by atoms with van der Waals surface area (Å²) in [5.41, 5.74) is 1.44. The van der Waals surface area contributed by atoms with Gasteiger partial charge in [0.05, 0.1) is 0 Å². The predicted octanol–water partition coefficient (Wildman–Crippen LogP) is 4.30. The molecule has 1 aromatic carbocycles. The van der Waals surface area contributed by atoms with Gasteiger partial charge in [-0.05, 0) is 59.9 Å². The molecule has 1 aliphatic rings. The third-order valence-electron chi connectivity index (χ3n) is 5.33. The Morgan fingerprint density at radius 3 is 2.86 bits per heavy atom. The summed E-state index contributed by atoms with van der Waals surface area (Å²) in [6.07, 6.45) is 2.31. The van der Waals surface area contributed by atoms with Gasteiger partial charge in [-0.2, -0.15) is 0 Å². The summed E-state index contributed by atoms with van der Waals surface area (Å²) in [6.45, 7) is 8.13. The van der Waals surface area contributed by atoms with E-state index in [9.17, 15) is 5.11 Å². The van der Waals surface area contributed by atoms with Crippen molar-refractivity contribution in [3.8, 4) is 5.75 Å². The van der Waals surface area contributed by atoms with E-state index in [-0.39, 0.29) is 5.41 Å². The van der Waals surface area contributed by atoms with Crippen LogP contribution in [-0.2, 0) is 11.8 Å². The maximum absolute atomic E-state index is 9.78. The molecule has 0 spiro atoms. The maximum Gasteiger partial charge on any atom is 0.115 e. The lowest BCUT2D eigenvalue weighted by Gasteiger charge is -2.45. The van der Waals surface area contributed by atoms with Gasteiger partial charge < -0.3 is 10.0 Å². The molecular formula is C19H25NOS. The lowest BCUT2D eigenvalue weighted by atomic mass is 9.68. The van der Waals surface area contributed by atoms with Crippen molar-refractivity contribution >= 4 is 11.3 Å². The number of likely N-dealkylation sites (tertiary alicyclic amines) is 1. The number of thiophene rings is 1. The summed E-state index contributed by atoms with van der Waals surface area (Å²) < 4.78 is 0. The molecule has 0 aliphatic carbocycles. The fraction of sp³-hybridized carbons (Fsp3) is 0.474. The molecule has 2 nitrogen and oxygen atoms in total. The minimum Gasteiger partial charge on any atom is -0.508 e. The van der Waals surface area contributed by atoms with Gasteiger partial charge in [-0.3, -0.25) is 0 Å². The highest BCUT2D eigenvalue weighted by molar-refractivity contribution is 7.09. The van der Waals surface area contributed by atoms with Crippen LogP contribution in [0.3, 0.4) is 0 Å². The Morgan fingerprint density at radius 1 is 1.32 bits per heavy atom. The standard InChI is InChI=1S/C19H25NOS/c1-15-14-20(10-8-18-7-4-12-22-18)11-9-19(15,2)16-5-3-6-17(21)13-16/h3-7,12-13,15,21H,8-11,14H2,1-2H3/t15-,19+/m1/s1. The number of piperidine rings is 1. The van der Waals surface area contributed by atoms with Crippen LogP contribution in [0.25, 0.3) is 0 Å². The van der Waals surface area contributed by atoms with Crippen LogP contribution in [0.15, 0.2) is 41.8 Å². The van der Waals surface area contributed by atoms with Gasteiger partial charge in [0.1, 0.15) is 5.75 Å². The topological polar surface area (TPSA) is 23.5 Å². The molecule has 0 bridgehead atoms. The molecule has 2 aromatic rings. The molecule has 1 aromatic heterocycles. The van der Waals surface area contributed by atoms with E-state index in [2.05, 4.69) is 42.3 Å². The minimum atomic E-state index is 0.165. The summed E-state index contributed by atoms with van der Waals surface area (Å²) in [6, 6.07) is 12.2. The first kappa shape index (κ1) is 15.6. The zero-order chi connectivity index (χ0) is 15.6. The van der Waals surface area contributed by atoms with E-state index in [1.54, 1.807) is 6.07 Å². The average Bonchev–Trinajstić information content (AvgIpc) is 3.02. The van der Waals surface area contributed by atoms with Crippen LogP contribution in [-0.4, -0.2) is 29.6 Å². The molecular weight excluding hydrogens is 290 g/mol. The van der Waals surface area contributed by atoms with Crippen molar-refractivity contribution < 1.29 is 5.11 Å². The van der Waals surface area contributed by atoms with Gasteiger partial charge in [-0.25, -0.2) is 0 Å². The van der Waals surface area contributed by atoms with Crippen molar-refractivity contribution in [1.82, 2.24) is 4.90 Å². The largest absolute Gasteiger partial charge is 0.508 e. The number of phenols is 1. The highest BCUT2D eigenvalue weighted by Crippen LogP contribution is 2.40. The second kappa shape index (κ2) is 6.43. The first-order valence-corrected chi connectivity index (χ1v) is 9.00.